The monoisotopic (exact) mass is 244 g/mol. The number of halogens is 2. The van der Waals surface area contributed by atoms with Crippen molar-refractivity contribution in [1.82, 2.24) is 5.32 Å². The molecule has 0 saturated carbocycles. The lowest BCUT2D eigenvalue weighted by Crippen LogP contribution is -2.24. The highest BCUT2D eigenvalue weighted by Crippen LogP contribution is 2.19. The van der Waals surface area contributed by atoms with E-state index < -0.39 is 0 Å². The lowest BCUT2D eigenvalue weighted by Gasteiger charge is -2.16. The number of benzene rings is 1. The van der Waals surface area contributed by atoms with Gasteiger partial charge in [-0.15, -0.1) is 0 Å². The zero-order chi connectivity index (χ0) is 12.0. The van der Waals surface area contributed by atoms with Crippen molar-refractivity contribution in [3.63, 3.8) is 0 Å². The van der Waals surface area contributed by atoms with Crippen molar-refractivity contribution in [1.29, 1.82) is 0 Å². The zero-order valence-electron chi connectivity index (χ0n) is 9.69. The highest BCUT2D eigenvalue weighted by atomic mass is 35.5. The average Bonchev–Trinajstić information content (AvgIpc) is 2.28. The summed E-state index contributed by atoms with van der Waals surface area (Å²) in [7, 11) is 1.94. The summed E-state index contributed by atoms with van der Waals surface area (Å²) < 4.78 is 12.9. The first-order valence-electron chi connectivity index (χ1n) is 5.50. The molecule has 4 heteroatoms. The van der Waals surface area contributed by atoms with Crippen LogP contribution in [0.3, 0.4) is 0 Å². The van der Waals surface area contributed by atoms with Crippen LogP contribution in [0.25, 0.3) is 0 Å². The van der Waals surface area contributed by atoms with Crippen LogP contribution in [0.5, 0.6) is 0 Å². The predicted molar refractivity (Wildman–Crippen MR) is 67.6 cm³/mol. The molecule has 16 heavy (non-hydrogen) atoms. The fourth-order valence-electron chi connectivity index (χ4n) is 1.52. The Bertz CT molecular complexity index is 331. The minimum absolute atomic E-state index is 0.159. The van der Waals surface area contributed by atoms with E-state index in [2.05, 4.69) is 17.6 Å². The molecule has 90 valence electrons. The first kappa shape index (κ1) is 13.3. The van der Waals surface area contributed by atoms with Gasteiger partial charge < -0.3 is 10.6 Å². The second-order valence-corrected chi connectivity index (χ2v) is 4.25. The zero-order valence-corrected chi connectivity index (χ0v) is 10.4. The largest absolute Gasteiger partial charge is 0.385 e. The van der Waals surface area contributed by atoms with Crippen LogP contribution in [-0.2, 0) is 0 Å². The van der Waals surface area contributed by atoms with E-state index in [4.69, 9.17) is 11.6 Å². The molecule has 0 aliphatic rings. The molecule has 0 bridgehead atoms. The quantitative estimate of drug-likeness (QED) is 0.804. The maximum Gasteiger partial charge on any atom is 0.141 e. The highest BCUT2D eigenvalue weighted by Gasteiger charge is 2.05. The van der Waals surface area contributed by atoms with Gasteiger partial charge in [0, 0.05) is 12.2 Å². The highest BCUT2D eigenvalue weighted by molar-refractivity contribution is 6.31. The van der Waals surface area contributed by atoms with E-state index in [9.17, 15) is 4.39 Å². The van der Waals surface area contributed by atoms with Crippen molar-refractivity contribution in [2.45, 2.75) is 13.3 Å². The maximum absolute atomic E-state index is 12.9. The summed E-state index contributed by atoms with van der Waals surface area (Å²) in [6.45, 7) is 3.99. The number of anilines is 1. The Morgan fingerprint density at radius 3 is 2.69 bits per heavy atom. The van der Waals surface area contributed by atoms with Crippen molar-refractivity contribution >= 4 is 17.3 Å². The number of hydrogen-bond donors (Lipinski definition) is 2. The molecule has 1 atom stereocenters. The van der Waals surface area contributed by atoms with Gasteiger partial charge in [0.05, 0.1) is 5.02 Å². The lowest BCUT2D eigenvalue weighted by molar-refractivity contribution is 0.506. The van der Waals surface area contributed by atoms with Crippen LogP contribution < -0.4 is 10.6 Å². The molecule has 0 spiro atoms. The van der Waals surface area contributed by atoms with E-state index in [1.165, 1.54) is 6.07 Å². The number of hydrogen-bond acceptors (Lipinski definition) is 2. The molecular formula is C12H18ClFN2. The predicted octanol–water partition coefficient (Wildman–Crippen LogP) is 3.14. The van der Waals surface area contributed by atoms with E-state index in [0.29, 0.717) is 5.92 Å². The molecule has 0 amide bonds. The molecule has 0 radical (unpaired) electrons. The third-order valence-corrected chi connectivity index (χ3v) is 2.87. The standard InChI is InChI=1S/C12H18ClFN2/c1-3-9(7-15-2)8-16-10-4-5-12(14)11(13)6-10/h4-6,9,15-16H,3,7-8H2,1-2H3. The van der Waals surface area contributed by atoms with Gasteiger partial charge in [0.1, 0.15) is 5.82 Å². The fourth-order valence-corrected chi connectivity index (χ4v) is 1.70. The van der Waals surface area contributed by atoms with Crippen LogP contribution in [0, 0.1) is 11.7 Å². The second-order valence-electron chi connectivity index (χ2n) is 3.84. The Kier molecular flexibility index (Phi) is 5.56. The summed E-state index contributed by atoms with van der Waals surface area (Å²) in [5.41, 5.74) is 0.862. The third kappa shape index (κ3) is 3.99. The van der Waals surface area contributed by atoms with Crippen molar-refractivity contribution in [3.05, 3.63) is 29.0 Å². The van der Waals surface area contributed by atoms with E-state index in [0.717, 1.165) is 25.2 Å². The van der Waals surface area contributed by atoms with Crippen LogP contribution in [0.15, 0.2) is 18.2 Å². The molecule has 1 unspecified atom stereocenters. The van der Waals surface area contributed by atoms with Gasteiger partial charge in [0.15, 0.2) is 0 Å². The van der Waals surface area contributed by atoms with E-state index in [1.54, 1.807) is 12.1 Å². The first-order chi connectivity index (χ1) is 7.67. The lowest BCUT2D eigenvalue weighted by atomic mass is 10.1. The Balaban J connectivity index is 2.50. The van der Waals surface area contributed by atoms with E-state index in [-0.39, 0.29) is 10.8 Å². The Labute approximate surface area is 101 Å². The molecule has 1 aromatic carbocycles. The van der Waals surface area contributed by atoms with Gasteiger partial charge in [-0.1, -0.05) is 24.9 Å². The summed E-state index contributed by atoms with van der Waals surface area (Å²) in [4.78, 5) is 0. The molecule has 1 rings (SSSR count). The van der Waals surface area contributed by atoms with Gasteiger partial charge in [0.25, 0.3) is 0 Å². The third-order valence-electron chi connectivity index (χ3n) is 2.58. The van der Waals surface area contributed by atoms with Crippen molar-refractivity contribution in [3.8, 4) is 0 Å². The van der Waals surface area contributed by atoms with Gasteiger partial charge in [-0.05, 0) is 37.7 Å². The van der Waals surface area contributed by atoms with Gasteiger partial charge in [0.2, 0.25) is 0 Å². The summed E-state index contributed by atoms with van der Waals surface area (Å²) in [6.07, 6.45) is 1.10. The molecule has 0 aliphatic heterocycles. The topological polar surface area (TPSA) is 24.1 Å². The average molecular weight is 245 g/mol. The van der Waals surface area contributed by atoms with Gasteiger partial charge in [-0.3, -0.25) is 0 Å². The minimum Gasteiger partial charge on any atom is -0.385 e. The molecule has 0 aromatic heterocycles. The Morgan fingerprint density at radius 2 is 2.12 bits per heavy atom. The second kappa shape index (κ2) is 6.71. The summed E-state index contributed by atoms with van der Waals surface area (Å²) in [6, 6.07) is 4.69. The van der Waals surface area contributed by atoms with Crippen molar-refractivity contribution < 1.29 is 4.39 Å². The van der Waals surface area contributed by atoms with Crippen LogP contribution in [0.1, 0.15) is 13.3 Å². The first-order valence-corrected chi connectivity index (χ1v) is 5.88. The summed E-state index contributed by atoms with van der Waals surface area (Å²) in [5, 5.41) is 6.57. The van der Waals surface area contributed by atoms with Crippen molar-refractivity contribution in [2.75, 3.05) is 25.5 Å². The SMILES string of the molecule is CCC(CNC)CNc1ccc(F)c(Cl)c1. The van der Waals surface area contributed by atoms with Crippen LogP contribution in [-0.4, -0.2) is 20.1 Å². The Morgan fingerprint density at radius 1 is 1.38 bits per heavy atom. The molecule has 0 fully saturated rings. The molecule has 1 aromatic rings. The fraction of sp³-hybridized carbons (Fsp3) is 0.500. The van der Waals surface area contributed by atoms with Gasteiger partial charge in [-0.25, -0.2) is 4.39 Å². The smallest absolute Gasteiger partial charge is 0.141 e. The molecule has 2 N–H and O–H groups in total. The van der Waals surface area contributed by atoms with Crippen LogP contribution in [0.4, 0.5) is 10.1 Å². The van der Waals surface area contributed by atoms with Crippen molar-refractivity contribution in [2.24, 2.45) is 5.92 Å². The molecule has 0 saturated heterocycles. The Hall–Kier alpha value is -0.800. The molecule has 0 aliphatic carbocycles. The van der Waals surface area contributed by atoms with Crippen LogP contribution >= 0.6 is 11.6 Å². The normalized spacial score (nSPS) is 12.5. The molecule has 2 nitrogen and oxygen atoms in total. The molecular weight excluding hydrogens is 227 g/mol. The number of rotatable bonds is 6. The summed E-state index contributed by atoms with van der Waals surface area (Å²) in [5.74, 6) is 0.184. The number of nitrogens with one attached hydrogen (secondary N) is 2. The van der Waals surface area contributed by atoms with Gasteiger partial charge in [-0.2, -0.15) is 0 Å². The summed E-state index contributed by atoms with van der Waals surface area (Å²) >= 11 is 5.70. The minimum atomic E-state index is -0.380. The molecule has 0 heterocycles. The van der Waals surface area contributed by atoms with Crippen LogP contribution in [0.2, 0.25) is 5.02 Å². The maximum atomic E-state index is 12.9. The van der Waals surface area contributed by atoms with Gasteiger partial charge >= 0.3 is 0 Å². The van der Waals surface area contributed by atoms with E-state index in [1.807, 2.05) is 7.05 Å². The van der Waals surface area contributed by atoms with E-state index >= 15 is 0 Å².